The summed E-state index contributed by atoms with van der Waals surface area (Å²) in [5.41, 5.74) is 2.84. The molecule has 1 heterocycles. The lowest BCUT2D eigenvalue weighted by atomic mass is 10.2. The molecule has 0 bridgehead atoms. The quantitative estimate of drug-likeness (QED) is 0.595. The minimum absolute atomic E-state index is 0.679. The predicted octanol–water partition coefficient (Wildman–Crippen LogP) is 5.41. The summed E-state index contributed by atoms with van der Waals surface area (Å²) in [6.45, 7) is 0. The van der Waals surface area contributed by atoms with Crippen molar-refractivity contribution in [2.75, 3.05) is 0 Å². The topological polar surface area (TPSA) is 28.7 Å². The van der Waals surface area contributed by atoms with Crippen molar-refractivity contribution in [3.63, 3.8) is 0 Å². The van der Waals surface area contributed by atoms with E-state index in [0.29, 0.717) is 5.02 Å². The van der Waals surface area contributed by atoms with Gasteiger partial charge in [-0.1, -0.05) is 39.7 Å². The minimum Gasteiger partial charge on any atom is -0.338 e. The van der Waals surface area contributed by atoms with Crippen LogP contribution in [-0.2, 0) is 0 Å². The van der Waals surface area contributed by atoms with Crippen molar-refractivity contribution in [2.24, 2.45) is 0 Å². The molecular formula is C13H7Br2ClN2. The van der Waals surface area contributed by atoms with Crippen LogP contribution in [0.4, 0.5) is 0 Å². The van der Waals surface area contributed by atoms with Crippen molar-refractivity contribution in [3.05, 3.63) is 50.4 Å². The second kappa shape index (κ2) is 4.68. The van der Waals surface area contributed by atoms with Gasteiger partial charge in [0.05, 0.1) is 5.52 Å². The van der Waals surface area contributed by atoms with Crippen LogP contribution in [0.5, 0.6) is 0 Å². The molecule has 90 valence electrons. The molecule has 5 heteroatoms. The van der Waals surface area contributed by atoms with Crippen molar-refractivity contribution >= 4 is 54.5 Å². The van der Waals surface area contributed by atoms with E-state index in [2.05, 4.69) is 41.8 Å². The summed E-state index contributed by atoms with van der Waals surface area (Å²) < 4.78 is 1.92. The Morgan fingerprint density at radius 3 is 2.72 bits per heavy atom. The van der Waals surface area contributed by atoms with Crippen LogP contribution >= 0.6 is 43.5 Å². The number of H-pyrrole nitrogens is 1. The van der Waals surface area contributed by atoms with E-state index in [4.69, 9.17) is 11.6 Å². The summed E-state index contributed by atoms with van der Waals surface area (Å²) in [6.07, 6.45) is 0. The summed E-state index contributed by atoms with van der Waals surface area (Å²) in [5, 5.41) is 0.679. The normalized spacial score (nSPS) is 11.1. The Morgan fingerprint density at radius 2 is 1.94 bits per heavy atom. The molecule has 3 rings (SSSR count). The highest BCUT2D eigenvalue weighted by Crippen LogP contribution is 2.29. The van der Waals surface area contributed by atoms with Crippen LogP contribution in [-0.4, -0.2) is 9.97 Å². The number of fused-ring (bicyclic) bond motifs is 1. The molecule has 0 saturated heterocycles. The molecule has 18 heavy (non-hydrogen) atoms. The lowest BCUT2D eigenvalue weighted by Crippen LogP contribution is -1.79. The Balaban J connectivity index is 2.22. The smallest absolute Gasteiger partial charge is 0.138 e. The van der Waals surface area contributed by atoms with E-state index in [-0.39, 0.29) is 0 Å². The van der Waals surface area contributed by atoms with Crippen LogP contribution in [0, 0.1) is 0 Å². The molecule has 1 aromatic heterocycles. The van der Waals surface area contributed by atoms with Gasteiger partial charge in [0, 0.05) is 19.5 Å². The largest absolute Gasteiger partial charge is 0.338 e. The lowest BCUT2D eigenvalue weighted by molar-refractivity contribution is 1.33. The SMILES string of the molecule is Clc1cc(Br)c2nc(-c3cccc(Br)c3)[nH]c2c1. The van der Waals surface area contributed by atoms with Gasteiger partial charge in [-0.25, -0.2) is 4.98 Å². The Morgan fingerprint density at radius 1 is 1.11 bits per heavy atom. The molecule has 0 unspecified atom stereocenters. The highest BCUT2D eigenvalue weighted by Gasteiger charge is 2.09. The van der Waals surface area contributed by atoms with E-state index in [1.807, 2.05) is 36.4 Å². The van der Waals surface area contributed by atoms with Gasteiger partial charge in [-0.05, 0) is 40.2 Å². The highest BCUT2D eigenvalue weighted by molar-refractivity contribution is 9.11. The first-order chi connectivity index (χ1) is 8.63. The molecule has 2 aromatic carbocycles. The summed E-state index contributed by atoms with van der Waals surface area (Å²) >= 11 is 12.9. The number of imidazole rings is 1. The van der Waals surface area contributed by atoms with E-state index in [1.54, 1.807) is 0 Å². The average molecular weight is 386 g/mol. The fraction of sp³-hybridized carbons (Fsp3) is 0. The lowest BCUT2D eigenvalue weighted by Gasteiger charge is -1.96. The van der Waals surface area contributed by atoms with E-state index >= 15 is 0 Å². The van der Waals surface area contributed by atoms with E-state index in [1.165, 1.54) is 0 Å². The van der Waals surface area contributed by atoms with Gasteiger partial charge < -0.3 is 4.98 Å². The second-order valence-corrected chi connectivity index (χ2v) is 6.09. The molecule has 2 nitrogen and oxygen atoms in total. The molecule has 1 N–H and O–H groups in total. The molecule has 0 amide bonds. The van der Waals surface area contributed by atoms with Gasteiger partial charge >= 0.3 is 0 Å². The molecular weight excluding hydrogens is 379 g/mol. The van der Waals surface area contributed by atoms with Gasteiger partial charge in [0.25, 0.3) is 0 Å². The molecule has 0 aliphatic rings. The highest BCUT2D eigenvalue weighted by atomic mass is 79.9. The van der Waals surface area contributed by atoms with Crippen LogP contribution < -0.4 is 0 Å². The zero-order valence-corrected chi connectivity index (χ0v) is 13.0. The number of aromatic nitrogens is 2. The molecule has 0 aliphatic heterocycles. The molecule has 0 saturated carbocycles. The fourth-order valence-electron chi connectivity index (χ4n) is 1.81. The zero-order valence-electron chi connectivity index (χ0n) is 9.05. The summed E-state index contributed by atoms with van der Waals surface area (Å²) in [5.74, 6) is 0.828. The number of rotatable bonds is 1. The van der Waals surface area contributed by atoms with Crippen molar-refractivity contribution in [3.8, 4) is 11.4 Å². The van der Waals surface area contributed by atoms with E-state index in [9.17, 15) is 0 Å². The Hall–Kier alpha value is -0.840. The van der Waals surface area contributed by atoms with Crippen LogP contribution in [0.3, 0.4) is 0 Å². The third-order valence-corrected chi connectivity index (χ3v) is 3.92. The van der Waals surface area contributed by atoms with Crippen LogP contribution in [0.15, 0.2) is 45.3 Å². The second-order valence-electron chi connectivity index (χ2n) is 3.88. The standard InChI is InChI=1S/C13H7Br2ClN2/c14-8-3-1-2-7(4-8)13-17-11-6-9(16)5-10(15)12(11)18-13/h1-6H,(H,17,18). The maximum atomic E-state index is 6.02. The Bertz CT molecular complexity index is 737. The molecule has 0 radical (unpaired) electrons. The minimum atomic E-state index is 0.679. The first-order valence-corrected chi connectivity index (χ1v) is 7.20. The maximum absolute atomic E-state index is 6.02. The van der Waals surface area contributed by atoms with Gasteiger partial charge in [0.1, 0.15) is 11.3 Å². The fourth-order valence-corrected chi connectivity index (χ4v) is 3.11. The van der Waals surface area contributed by atoms with Gasteiger partial charge in [-0.3, -0.25) is 0 Å². The van der Waals surface area contributed by atoms with Crippen molar-refractivity contribution in [2.45, 2.75) is 0 Å². The third kappa shape index (κ3) is 2.20. The van der Waals surface area contributed by atoms with Crippen LogP contribution in [0.1, 0.15) is 0 Å². The van der Waals surface area contributed by atoms with Gasteiger partial charge in [0.15, 0.2) is 0 Å². The van der Waals surface area contributed by atoms with Gasteiger partial charge in [-0.2, -0.15) is 0 Å². The summed E-state index contributed by atoms with van der Waals surface area (Å²) in [7, 11) is 0. The number of hydrogen-bond acceptors (Lipinski definition) is 1. The number of nitrogens with one attached hydrogen (secondary N) is 1. The van der Waals surface area contributed by atoms with E-state index < -0.39 is 0 Å². The molecule has 0 aliphatic carbocycles. The van der Waals surface area contributed by atoms with Crippen LogP contribution in [0.2, 0.25) is 5.02 Å². The Labute approximate surface area is 126 Å². The zero-order chi connectivity index (χ0) is 12.7. The average Bonchev–Trinajstić information content (AvgIpc) is 2.73. The van der Waals surface area contributed by atoms with Crippen molar-refractivity contribution in [1.29, 1.82) is 0 Å². The maximum Gasteiger partial charge on any atom is 0.138 e. The number of aromatic amines is 1. The Kier molecular flexibility index (Phi) is 3.18. The van der Waals surface area contributed by atoms with Crippen LogP contribution in [0.25, 0.3) is 22.4 Å². The number of benzene rings is 2. The first-order valence-electron chi connectivity index (χ1n) is 5.24. The third-order valence-electron chi connectivity index (χ3n) is 2.60. The number of hydrogen-bond donors (Lipinski definition) is 1. The monoisotopic (exact) mass is 384 g/mol. The molecule has 0 fully saturated rings. The molecule has 0 spiro atoms. The summed E-state index contributed by atoms with van der Waals surface area (Å²) in [6, 6.07) is 11.7. The van der Waals surface area contributed by atoms with Gasteiger partial charge in [-0.15, -0.1) is 0 Å². The molecule has 0 atom stereocenters. The van der Waals surface area contributed by atoms with Gasteiger partial charge in [0.2, 0.25) is 0 Å². The number of nitrogens with zero attached hydrogens (tertiary/aromatic N) is 1. The summed E-state index contributed by atoms with van der Waals surface area (Å²) in [4.78, 5) is 7.86. The van der Waals surface area contributed by atoms with Crippen molar-refractivity contribution < 1.29 is 0 Å². The number of halogens is 3. The molecule has 3 aromatic rings. The van der Waals surface area contributed by atoms with E-state index in [0.717, 1.165) is 31.4 Å². The van der Waals surface area contributed by atoms with Crippen molar-refractivity contribution in [1.82, 2.24) is 9.97 Å². The predicted molar refractivity (Wildman–Crippen MR) is 81.9 cm³/mol. The first kappa shape index (κ1) is 12.2.